The van der Waals surface area contributed by atoms with E-state index in [4.69, 9.17) is 14.9 Å². The third kappa shape index (κ3) is 2.99. The molecule has 0 amide bonds. The smallest absolute Gasteiger partial charge is 0.336 e. The first-order valence-corrected chi connectivity index (χ1v) is 5.63. The molecule has 0 saturated carbocycles. The van der Waals surface area contributed by atoms with Crippen LogP contribution in [0.5, 0.6) is 11.5 Å². The molecule has 0 aromatic heterocycles. The van der Waals surface area contributed by atoms with E-state index in [-0.39, 0.29) is 11.3 Å². The third-order valence-electron chi connectivity index (χ3n) is 2.81. The predicted octanol–water partition coefficient (Wildman–Crippen LogP) is -1.15. The van der Waals surface area contributed by atoms with Crippen LogP contribution in [0.4, 0.5) is 0 Å². The van der Waals surface area contributed by atoms with E-state index in [2.05, 4.69) is 0 Å². The van der Waals surface area contributed by atoms with E-state index in [9.17, 15) is 25.2 Å². The summed E-state index contributed by atoms with van der Waals surface area (Å²) in [6, 6.07) is 2.09. The lowest BCUT2D eigenvalue weighted by Crippen LogP contribution is -2.35. The van der Waals surface area contributed by atoms with Gasteiger partial charge in [0.15, 0.2) is 11.5 Å². The molecule has 1 aromatic rings. The molecule has 1 aromatic carbocycles. The summed E-state index contributed by atoms with van der Waals surface area (Å²) in [5.74, 6) is -2.18. The number of phenols is 1. The van der Waals surface area contributed by atoms with Crippen molar-refractivity contribution >= 4 is 5.97 Å². The molecule has 6 N–H and O–H groups in total. The average molecular weight is 288 g/mol. The number of hydrogen-bond acceptors (Lipinski definition) is 7. The summed E-state index contributed by atoms with van der Waals surface area (Å²) in [7, 11) is 1.14. The van der Waals surface area contributed by atoms with Crippen molar-refractivity contribution in [1.82, 2.24) is 0 Å². The molecule has 1 rings (SSSR count). The van der Waals surface area contributed by atoms with Gasteiger partial charge in [-0.2, -0.15) is 0 Å². The molecule has 0 saturated heterocycles. The molecule has 0 aliphatic rings. The van der Waals surface area contributed by atoms with Crippen LogP contribution in [-0.2, 0) is 0 Å². The number of rotatable bonds is 6. The van der Waals surface area contributed by atoms with Crippen LogP contribution in [0.1, 0.15) is 22.0 Å². The van der Waals surface area contributed by atoms with Crippen LogP contribution in [0.2, 0.25) is 0 Å². The minimum Gasteiger partial charge on any atom is -0.504 e. The second-order valence-electron chi connectivity index (χ2n) is 4.07. The SMILES string of the molecule is COc1c(O)ccc(C(=O)O)c1C(O)C(O)C(O)CO. The topological polar surface area (TPSA) is 148 Å². The molecule has 0 heterocycles. The Bertz CT molecular complexity index is 487. The number of aliphatic hydroxyl groups excluding tert-OH is 4. The van der Waals surface area contributed by atoms with E-state index in [1.807, 2.05) is 0 Å². The highest BCUT2D eigenvalue weighted by molar-refractivity contribution is 5.91. The van der Waals surface area contributed by atoms with Crippen molar-refractivity contribution in [2.24, 2.45) is 0 Å². The van der Waals surface area contributed by atoms with Crippen molar-refractivity contribution in [3.63, 3.8) is 0 Å². The molecule has 0 radical (unpaired) electrons. The molecule has 8 nitrogen and oxygen atoms in total. The Labute approximate surface area is 114 Å². The quantitative estimate of drug-likeness (QED) is 0.384. The number of aromatic carboxylic acids is 1. The number of carboxylic acid groups (broad SMARTS) is 1. The van der Waals surface area contributed by atoms with Gasteiger partial charge in [-0.25, -0.2) is 4.79 Å². The van der Waals surface area contributed by atoms with Crippen molar-refractivity contribution < 1.29 is 40.2 Å². The first-order valence-electron chi connectivity index (χ1n) is 5.63. The highest BCUT2D eigenvalue weighted by atomic mass is 16.5. The maximum absolute atomic E-state index is 11.1. The lowest BCUT2D eigenvalue weighted by Gasteiger charge is -2.24. The zero-order valence-electron chi connectivity index (χ0n) is 10.6. The second-order valence-corrected chi connectivity index (χ2v) is 4.07. The van der Waals surface area contributed by atoms with Crippen molar-refractivity contribution in [3.8, 4) is 11.5 Å². The van der Waals surface area contributed by atoms with Gasteiger partial charge in [0.2, 0.25) is 0 Å². The Morgan fingerprint density at radius 1 is 1.30 bits per heavy atom. The highest BCUT2D eigenvalue weighted by Crippen LogP contribution is 2.38. The molecule has 112 valence electrons. The van der Waals surface area contributed by atoms with Crippen molar-refractivity contribution in [2.75, 3.05) is 13.7 Å². The first kappa shape index (κ1) is 16.2. The van der Waals surface area contributed by atoms with Gasteiger partial charge in [-0.15, -0.1) is 0 Å². The van der Waals surface area contributed by atoms with E-state index in [0.717, 1.165) is 19.2 Å². The number of carboxylic acids is 1. The molecule has 0 aliphatic carbocycles. The van der Waals surface area contributed by atoms with Crippen molar-refractivity contribution in [1.29, 1.82) is 0 Å². The summed E-state index contributed by atoms with van der Waals surface area (Å²) in [6.45, 7) is -0.832. The van der Waals surface area contributed by atoms with Gasteiger partial charge in [-0.05, 0) is 12.1 Å². The van der Waals surface area contributed by atoms with Crippen LogP contribution in [0, 0.1) is 0 Å². The van der Waals surface area contributed by atoms with Crippen LogP contribution >= 0.6 is 0 Å². The predicted molar refractivity (Wildman–Crippen MR) is 65.7 cm³/mol. The molecule has 3 atom stereocenters. The number of carbonyl (C=O) groups is 1. The summed E-state index contributed by atoms with van der Waals surface area (Å²) in [4.78, 5) is 11.1. The van der Waals surface area contributed by atoms with Gasteiger partial charge in [0.1, 0.15) is 18.3 Å². The van der Waals surface area contributed by atoms with Gasteiger partial charge in [0.25, 0.3) is 0 Å². The van der Waals surface area contributed by atoms with Gasteiger partial charge < -0.3 is 35.4 Å². The van der Waals surface area contributed by atoms with E-state index >= 15 is 0 Å². The van der Waals surface area contributed by atoms with Crippen LogP contribution in [0.25, 0.3) is 0 Å². The van der Waals surface area contributed by atoms with Crippen molar-refractivity contribution in [2.45, 2.75) is 18.3 Å². The highest BCUT2D eigenvalue weighted by Gasteiger charge is 2.32. The molecular weight excluding hydrogens is 272 g/mol. The number of aliphatic hydroxyl groups is 4. The normalized spacial score (nSPS) is 15.4. The Morgan fingerprint density at radius 3 is 2.35 bits per heavy atom. The lowest BCUT2D eigenvalue weighted by atomic mass is 9.94. The van der Waals surface area contributed by atoms with Gasteiger partial charge in [0, 0.05) is 5.56 Å². The Morgan fingerprint density at radius 2 is 1.90 bits per heavy atom. The molecule has 8 heteroatoms. The molecule has 0 spiro atoms. The Balaban J connectivity index is 3.39. The summed E-state index contributed by atoms with van der Waals surface area (Å²) in [5, 5.41) is 56.4. The van der Waals surface area contributed by atoms with E-state index in [1.165, 1.54) is 0 Å². The monoisotopic (exact) mass is 288 g/mol. The Kier molecular flexibility index (Phi) is 5.28. The number of aromatic hydroxyl groups is 1. The van der Waals surface area contributed by atoms with Gasteiger partial charge in [-0.1, -0.05) is 0 Å². The zero-order valence-corrected chi connectivity index (χ0v) is 10.6. The fraction of sp³-hybridized carbons (Fsp3) is 0.417. The van der Waals surface area contributed by atoms with Gasteiger partial charge >= 0.3 is 5.97 Å². The maximum Gasteiger partial charge on any atom is 0.336 e. The summed E-state index contributed by atoms with van der Waals surface area (Å²) < 4.78 is 4.82. The largest absolute Gasteiger partial charge is 0.504 e. The zero-order chi connectivity index (χ0) is 15.4. The first-order chi connectivity index (χ1) is 9.34. The van der Waals surface area contributed by atoms with Crippen LogP contribution < -0.4 is 4.74 Å². The van der Waals surface area contributed by atoms with Crippen LogP contribution in [0.3, 0.4) is 0 Å². The number of benzene rings is 1. The fourth-order valence-electron chi connectivity index (χ4n) is 1.77. The average Bonchev–Trinajstić information content (AvgIpc) is 2.43. The van der Waals surface area contributed by atoms with Crippen LogP contribution in [-0.4, -0.2) is 62.5 Å². The number of hydrogen-bond donors (Lipinski definition) is 6. The van der Waals surface area contributed by atoms with E-state index < -0.39 is 42.2 Å². The molecule has 20 heavy (non-hydrogen) atoms. The standard InChI is InChI=1S/C12H16O8/c1-20-11-6(14)3-2-5(12(18)19)8(11)10(17)9(16)7(15)4-13/h2-3,7,9-10,13-17H,4H2,1H3,(H,18,19). The number of phenolic OH excluding ortho intramolecular Hbond substituents is 1. The minimum atomic E-state index is -1.87. The summed E-state index contributed by atoms with van der Waals surface area (Å²) >= 11 is 0. The van der Waals surface area contributed by atoms with E-state index in [1.54, 1.807) is 0 Å². The number of methoxy groups -OCH3 is 1. The minimum absolute atomic E-state index is 0.332. The molecule has 3 unspecified atom stereocenters. The van der Waals surface area contributed by atoms with Gasteiger partial charge in [-0.3, -0.25) is 0 Å². The third-order valence-corrected chi connectivity index (χ3v) is 2.81. The van der Waals surface area contributed by atoms with Gasteiger partial charge in [0.05, 0.1) is 19.3 Å². The molecule has 0 fully saturated rings. The summed E-state index contributed by atoms with van der Waals surface area (Å²) in [5.41, 5.74) is -0.795. The van der Waals surface area contributed by atoms with Crippen molar-refractivity contribution in [3.05, 3.63) is 23.3 Å². The number of ether oxygens (including phenoxy) is 1. The Hall–Kier alpha value is -1.87. The molecule has 0 aliphatic heterocycles. The maximum atomic E-state index is 11.1. The van der Waals surface area contributed by atoms with E-state index in [0.29, 0.717) is 0 Å². The fourth-order valence-corrected chi connectivity index (χ4v) is 1.77. The van der Waals surface area contributed by atoms with Crippen LogP contribution in [0.15, 0.2) is 12.1 Å². The second kappa shape index (κ2) is 6.53. The summed E-state index contributed by atoms with van der Waals surface area (Å²) in [6.07, 6.45) is -5.40. The lowest BCUT2D eigenvalue weighted by molar-refractivity contribution is -0.0784. The molecular formula is C12H16O8. The molecule has 0 bridgehead atoms.